The van der Waals surface area contributed by atoms with Crippen molar-refractivity contribution in [2.45, 2.75) is 34.1 Å². The van der Waals surface area contributed by atoms with Gasteiger partial charge in [-0.1, -0.05) is 26.8 Å². The highest BCUT2D eigenvalue weighted by Gasteiger charge is 2.23. The van der Waals surface area contributed by atoms with E-state index in [-0.39, 0.29) is 10.8 Å². The number of nitrogens with one attached hydrogen (secondary N) is 3. The fourth-order valence-electron chi connectivity index (χ4n) is 2.20. The first-order valence-electron chi connectivity index (χ1n) is 9.25. The molecule has 2 heterocycles. The van der Waals surface area contributed by atoms with Crippen LogP contribution in [-0.2, 0) is 20.7 Å². The number of thiophene rings is 2. The summed E-state index contributed by atoms with van der Waals surface area (Å²) in [6, 6.07) is 4.91. The first kappa shape index (κ1) is 23.6. The van der Waals surface area contributed by atoms with Crippen molar-refractivity contribution in [1.29, 1.82) is 0 Å². The van der Waals surface area contributed by atoms with Crippen LogP contribution in [0.3, 0.4) is 0 Å². The highest BCUT2D eigenvalue weighted by atomic mass is 32.1. The number of hydrogen-bond acceptors (Lipinski definition) is 7. The van der Waals surface area contributed by atoms with Crippen LogP contribution in [0.5, 0.6) is 0 Å². The van der Waals surface area contributed by atoms with E-state index in [0.29, 0.717) is 23.5 Å². The molecule has 0 spiro atoms. The molecule has 0 bridgehead atoms. The maximum absolute atomic E-state index is 12.3. The van der Waals surface area contributed by atoms with Crippen molar-refractivity contribution in [3.8, 4) is 0 Å². The maximum Gasteiger partial charge on any atom is 0.349 e. The Morgan fingerprint density at radius 1 is 1.17 bits per heavy atom. The molecular formula is C20H25N3O5S2. The Labute approximate surface area is 183 Å². The number of carbonyl (C=O) groups is 4. The maximum atomic E-state index is 12.3. The van der Waals surface area contributed by atoms with Crippen LogP contribution in [0.4, 0.5) is 9.80 Å². The fourth-order valence-corrected chi connectivity index (χ4v) is 3.87. The zero-order chi connectivity index (χ0) is 22.3. The summed E-state index contributed by atoms with van der Waals surface area (Å²) in [7, 11) is 0. The number of amides is 4. The average molecular weight is 452 g/mol. The van der Waals surface area contributed by atoms with E-state index in [4.69, 9.17) is 4.74 Å². The zero-order valence-electron chi connectivity index (χ0n) is 17.3. The lowest BCUT2D eigenvalue weighted by atomic mass is 9.96. The minimum absolute atomic E-state index is 0.173. The molecule has 0 saturated carbocycles. The lowest BCUT2D eigenvalue weighted by Crippen LogP contribution is -2.42. The molecule has 30 heavy (non-hydrogen) atoms. The molecule has 0 unspecified atom stereocenters. The smallest absolute Gasteiger partial charge is 0.349 e. The van der Waals surface area contributed by atoms with Crippen molar-refractivity contribution in [2.24, 2.45) is 5.41 Å². The number of esters is 1. The van der Waals surface area contributed by atoms with Crippen molar-refractivity contribution < 1.29 is 23.9 Å². The van der Waals surface area contributed by atoms with E-state index in [1.54, 1.807) is 45.1 Å². The van der Waals surface area contributed by atoms with E-state index < -0.39 is 29.9 Å². The zero-order valence-corrected chi connectivity index (χ0v) is 18.9. The largest absolute Gasteiger partial charge is 0.451 e. The predicted molar refractivity (Wildman–Crippen MR) is 117 cm³/mol. The fraction of sp³-hybridized carbons (Fsp3) is 0.400. The summed E-state index contributed by atoms with van der Waals surface area (Å²) in [4.78, 5) is 49.3. The number of imide groups is 1. The first-order valence-corrected chi connectivity index (χ1v) is 10.9. The van der Waals surface area contributed by atoms with Crippen molar-refractivity contribution in [3.05, 3.63) is 38.9 Å². The van der Waals surface area contributed by atoms with Crippen molar-refractivity contribution in [2.75, 3.05) is 18.5 Å². The highest BCUT2D eigenvalue weighted by molar-refractivity contribution is 7.18. The second-order valence-corrected chi connectivity index (χ2v) is 9.62. The summed E-state index contributed by atoms with van der Waals surface area (Å²) < 4.78 is 4.99. The molecule has 8 nitrogen and oxygen atoms in total. The van der Waals surface area contributed by atoms with Gasteiger partial charge in [-0.3, -0.25) is 14.9 Å². The Balaban J connectivity index is 1.77. The molecule has 3 N–H and O–H groups in total. The minimum Gasteiger partial charge on any atom is -0.451 e. The molecule has 0 aromatic carbocycles. The molecule has 0 fully saturated rings. The van der Waals surface area contributed by atoms with Crippen LogP contribution in [0.1, 0.15) is 40.9 Å². The molecule has 4 amide bonds. The number of hydrogen-bond donors (Lipinski definition) is 3. The van der Waals surface area contributed by atoms with Gasteiger partial charge in [-0.05, 0) is 36.4 Å². The minimum atomic E-state index is -0.729. The van der Waals surface area contributed by atoms with Crippen LogP contribution in [-0.4, -0.2) is 37.0 Å². The molecule has 0 radical (unpaired) electrons. The Morgan fingerprint density at radius 3 is 2.53 bits per heavy atom. The van der Waals surface area contributed by atoms with Gasteiger partial charge in [0.05, 0.1) is 5.00 Å². The van der Waals surface area contributed by atoms with E-state index in [0.717, 1.165) is 16.2 Å². The van der Waals surface area contributed by atoms with E-state index in [9.17, 15) is 19.2 Å². The lowest BCUT2D eigenvalue weighted by Gasteiger charge is -2.16. The second-order valence-electron chi connectivity index (χ2n) is 7.54. The topological polar surface area (TPSA) is 114 Å². The molecule has 2 aromatic heterocycles. The summed E-state index contributed by atoms with van der Waals surface area (Å²) >= 11 is 2.66. The molecule has 0 saturated heterocycles. The van der Waals surface area contributed by atoms with Gasteiger partial charge in [0.25, 0.3) is 5.91 Å². The van der Waals surface area contributed by atoms with Crippen molar-refractivity contribution in [3.63, 3.8) is 0 Å². The highest BCUT2D eigenvalue weighted by Crippen LogP contribution is 2.29. The third kappa shape index (κ3) is 7.27. The van der Waals surface area contributed by atoms with E-state index in [1.165, 1.54) is 0 Å². The van der Waals surface area contributed by atoms with Crippen LogP contribution in [0.2, 0.25) is 0 Å². The molecule has 2 aromatic rings. The Kier molecular flexibility index (Phi) is 8.13. The number of aryl methyl sites for hydroxylation is 1. The average Bonchev–Trinajstić information content (AvgIpc) is 3.28. The molecule has 2 rings (SSSR count). The summed E-state index contributed by atoms with van der Waals surface area (Å²) in [5.41, 5.74) is 0.0574. The van der Waals surface area contributed by atoms with E-state index in [2.05, 4.69) is 16.0 Å². The SMILES string of the molecule is Cc1cc(NC(=O)C(C)(C)C)sc1C(=O)OCC(=O)NC(=O)NCCc1cccs1. The third-order valence-corrected chi connectivity index (χ3v) is 5.91. The normalized spacial score (nSPS) is 10.9. The van der Waals surface area contributed by atoms with Crippen LogP contribution in [0, 0.1) is 12.3 Å². The summed E-state index contributed by atoms with van der Waals surface area (Å²) in [5, 5.41) is 9.91. The summed E-state index contributed by atoms with van der Waals surface area (Å²) in [6.45, 7) is 6.87. The van der Waals surface area contributed by atoms with Gasteiger partial charge in [0, 0.05) is 16.8 Å². The third-order valence-electron chi connectivity index (χ3n) is 3.85. The van der Waals surface area contributed by atoms with Crippen LogP contribution < -0.4 is 16.0 Å². The van der Waals surface area contributed by atoms with Crippen molar-refractivity contribution in [1.82, 2.24) is 10.6 Å². The number of anilines is 1. The molecule has 0 atom stereocenters. The first-order chi connectivity index (χ1) is 14.1. The van der Waals surface area contributed by atoms with Crippen LogP contribution in [0.15, 0.2) is 23.6 Å². The van der Waals surface area contributed by atoms with Gasteiger partial charge in [-0.2, -0.15) is 0 Å². The van der Waals surface area contributed by atoms with Crippen LogP contribution in [0.25, 0.3) is 0 Å². The Morgan fingerprint density at radius 2 is 1.90 bits per heavy atom. The van der Waals surface area contributed by atoms with E-state index in [1.807, 2.05) is 17.5 Å². The molecule has 0 aliphatic rings. The lowest BCUT2D eigenvalue weighted by molar-refractivity contribution is -0.123. The quantitative estimate of drug-likeness (QED) is 0.559. The monoisotopic (exact) mass is 451 g/mol. The summed E-state index contributed by atoms with van der Waals surface area (Å²) in [6.07, 6.45) is 0.667. The molecule has 162 valence electrons. The van der Waals surface area contributed by atoms with Gasteiger partial charge >= 0.3 is 12.0 Å². The standard InChI is InChI=1S/C20H25N3O5S2/c1-12-10-15(23-18(26)20(2,3)4)30-16(12)17(25)28-11-14(24)22-19(27)21-8-7-13-6-5-9-29-13/h5-6,9-10H,7-8,11H2,1-4H3,(H,23,26)(H2,21,22,24,27). The molecule has 0 aliphatic heterocycles. The van der Waals surface area contributed by atoms with Gasteiger partial charge in [-0.25, -0.2) is 9.59 Å². The van der Waals surface area contributed by atoms with Gasteiger partial charge < -0.3 is 15.4 Å². The second kappa shape index (κ2) is 10.4. The number of rotatable bonds is 7. The number of urea groups is 1. The number of ether oxygens (including phenoxy) is 1. The van der Waals surface area contributed by atoms with Crippen LogP contribution >= 0.6 is 22.7 Å². The Hall–Kier alpha value is -2.72. The Bertz CT molecular complexity index is 914. The van der Waals surface area contributed by atoms with Gasteiger partial charge in [0.15, 0.2) is 6.61 Å². The molecule has 0 aliphatic carbocycles. The molecule has 10 heteroatoms. The number of carbonyl (C=O) groups excluding carboxylic acids is 4. The van der Waals surface area contributed by atoms with Gasteiger partial charge in [0.1, 0.15) is 4.88 Å². The van der Waals surface area contributed by atoms with Gasteiger partial charge in [0.2, 0.25) is 5.91 Å². The summed E-state index contributed by atoms with van der Waals surface area (Å²) in [5.74, 6) is -1.59. The van der Waals surface area contributed by atoms with Gasteiger partial charge in [-0.15, -0.1) is 22.7 Å². The van der Waals surface area contributed by atoms with Crippen molar-refractivity contribution >= 4 is 51.5 Å². The van der Waals surface area contributed by atoms with E-state index >= 15 is 0 Å². The molecular weight excluding hydrogens is 426 g/mol. The predicted octanol–water partition coefficient (Wildman–Crippen LogP) is 3.33.